The first kappa shape index (κ1) is 21.2. The third-order valence-corrected chi connectivity index (χ3v) is 1.87. The van der Waals surface area contributed by atoms with E-state index in [0.717, 1.165) is 22.9 Å². The number of carboxylic acid groups (broad SMARTS) is 2. The van der Waals surface area contributed by atoms with E-state index in [4.69, 9.17) is 0 Å². The summed E-state index contributed by atoms with van der Waals surface area (Å²) in [6, 6.07) is 2.09. The monoisotopic (exact) mass is 299 g/mol. The Morgan fingerprint density at radius 1 is 1.22 bits per heavy atom. The molecule has 84 valence electrons. The van der Waals surface area contributed by atoms with Gasteiger partial charge in [0.1, 0.15) is 0 Å². The molecule has 1 heterocycles. The number of aromatic nitrogens is 1. The van der Waals surface area contributed by atoms with Gasteiger partial charge in [-0.3, -0.25) is 4.79 Å². The Morgan fingerprint density at radius 3 is 2.22 bits per heavy atom. The molecule has 0 saturated heterocycles. The number of aromatic carboxylic acids is 1. The van der Waals surface area contributed by atoms with E-state index in [1.807, 2.05) is 0 Å². The molecule has 0 fully saturated rings. The molecule has 0 aliphatic heterocycles. The summed E-state index contributed by atoms with van der Waals surface area (Å²) >= 11 is 0. The summed E-state index contributed by atoms with van der Waals surface area (Å²) < 4.78 is 0.906. The molecule has 0 atom stereocenters. The Balaban J connectivity index is 0. The second-order valence-corrected chi connectivity index (χ2v) is 3.06. The van der Waals surface area contributed by atoms with Crippen LogP contribution in [0.4, 0.5) is 0 Å². The van der Waals surface area contributed by atoms with Gasteiger partial charge in [-0.2, -0.15) is 0 Å². The van der Waals surface area contributed by atoms with Crippen molar-refractivity contribution in [1.29, 1.82) is 0 Å². The van der Waals surface area contributed by atoms with Crippen molar-refractivity contribution in [3.05, 3.63) is 46.4 Å². The van der Waals surface area contributed by atoms with E-state index < -0.39 is 17.5 Å². The predicted molar refractivity (Wildman–Crippen MR) is 49.2 cm³/mol. The van der Waals surface area contributed by atoms with Crippen LogP contribution in [0.5, 0.6) is 0 Å². The van der Waals surface area contributed by atoms with Crippen LogP contribution >= 0.6 is 0 Å². The van der Waals surface area contributed by atoms with Crippen molar-refractivity contribution in [2.75, 3.05) is 0 Å². The molecule has 0 aliphatic rings. The van der Waals surface area contributed by atoms with Crippen molar-refractivity contribution in [1.82, 2.24) is 4.57 Å². The summed E-state index contributed by atoms with van der Waals surface area (Å²) in [4.78, 5) is 32.1. The number of aliphatic carboxylic acids is 1. The van der Waals surface area contributed by atoms with Crippen LogP contribution in [0.25, 0.3) is 0 Å². The molecule has 0 radical (unpaired) electrons. The molecular weight excluding hydrogens is 292 g/mol. The van der Waals surface area contributed by atoms with Crippen molar-refractivity contribution in [2.45, 2.75) is 6.54 Å². The number of carbonyl (C=O) groups excluding carboxylic acids is 2. The zero-order chi connectivity index (χ0) is 12.3. The maximum absolute atomic E-state index is 11.2. The van der Waals surface area contributed by atoms with Gasteiger partial charge < -0.3 is 24.4 Å². The minimum absolute atomic E-state index is 0. The largest absolute Gasteiger partial charge is 1.00 e. The Kier molecular flexibility index (Phi) is 11.5. The fraction of sp³-hybridized carbons (Fsp3) is 0.100. The van der Waals surface area contributed by atoms with Gasteiger partial charge in [-0.15, -0.1) is 0 Å². The van der Waals surface area contributed by atoms with Crippen LogP contribution in [0.3, 0.4) is 0 Å². The smallest absolute Gasteiger partial charge is 0.545 e. The van der Waals surface area contributed by atoms with Crippen LogP contribution < -0.4 is 119 Å². The van der Waals surface area contributed by atoms with Gasteiger partial charge in [-0.25, -0.2) is 0 Å². The van der Waals surface area contributed by atoms with Crippen molar-refractivity contribution in [2.24, 2.45) is 0 Å². The Morgan fingerprint density at radius 2 is 1.78 bits per heavy atom. The molecule has 8 heteroatoms. The average molecular weight is 299 g/mol. The number of hydrogen-bond donors (Lipinski definition) is 0. The minimum atomic E-state index is -1.49. The molecular formula is C10H7K2NO5. The Bertz CT molecular complexity index is 523. The summed E-state index contributed by atoms with van der Waals surface area (Å²) in [5.41, 5.74) is -1.07. The Hall–Kier alpha value is 0.903. The number of nitrogens with zero attached hydrogens (tertiary/aromatic N) is 1. The number of rotatable bonds is 4. The van der Waals surface area contributed by atoms with E-state index in [-0.39, 0.29) is 120 Å². The Labute approximate surface area is 188 Å². The van der Waals surface area contributed by atoms with Gasteiger partial charge in [-0.05, 0) is 11.6 Å². The van der Waals surface area contributed by atoms with E-state index in [1.54, 1.807) is 0 Å². The van der Waals surface area contributed by atoms with E-state index >= 15 is 0 Å². The molecule has 0 unspecified atom stereocenters. The first-order valence-corrected chi connectivity index (χ1v) is 4.23. The molecule has 18 heavy (non-hydrogen) atoms. The molecule has 0 spiro atoms. The summed E-state index contributed by atoms with van der Waals surface area (Å²) in [6.45, 7) is 2.85. The van der Waals surface area contributed by atoms with Crippen LogP contribution in [0.2, 0.25) is 0 Å². The zero-order valence-corrected chi connectivity index (χ0v) is 16.4. The number of pyridine rings is 1. The van der Waals surface area contributed by atoms with E-state index in [2.05, 4.69) is 6.58 Å². The fourth-order valence-electron chi connectivity index (χ4n) is 1.05. The van der Waals surface area contributed by atoms with Gasteiger partial charge in [-0.1, -0.05) is 6.58 Å². The molecule has 0 saturated carbocycles. The van der Waals surface area contributed by atoms with E-state index in [9.17, 15) is 24.6 Å². The third-order valence-electron chi connectivity index (χ3n) is 1.87. The van der Waals surface area contributed by atoms with Gasteiger partial charge in [0.2, 0.25) is 0 Å². The summed E-state index contributed by atoms with van der Waals surface area (Å²) in [6.07, 6.45) is 0.992. The summed E-state index contributed by atoms with van der Waals surface area (Å²) in [7, 11) is 0. The average Bonchev–Trinajstić information content (AvgIpc) is 2.20. The molecule has 6 nitrogen and oxygen atoms in total. The van der Waals surface area contributed by atoms with E-state index in [1.165, 1.54) is 0 Å². The van der Waals surface area contributed by atoms with Crippen LogP contribution in [0.1, 0.15) is 10.4 Å². The molecule has 0 aliphatic carbocycles. The third kappa shape index (κ3) is 6.37. The van der Waals surface area contributed by atoms with Crippen LogP contribution in [-0.2, 0) is 11.3 Å². The van der Waals surface area contributed by atoms with Crippen LogP contribution in [0, 0.1) is 0 Å². The SMILES string of the molecule is C=C(Cn1cc(C(=O)[O-])ccc1=O)C(=O)[O-].[K+].[K+]. The van der Waals surface area contributed by atoms with Crippen molar-refractivity contribution >= 4 is 11.9 Å². The van der Waals surface area contributed by atoms with Crippen molar-refractivity contribution in [3.63, 3.8) is 0 Å². The maximum atomic E-state index is 11.2. The second kappa shape index (κ2) is 9.75. The molecule has 1 aromatic heterocycles. The van der Waals surface area contributed by atoms with Gasteiger partial charge in [0.15, 0.2) is 0 Å². The molecule has 1 rings (SSSR count). The summed E-state index contributed by atoms with van der Waals surface area (Å²) in [5.74, 6) is -2.95. The quantitative estimate of drug-likeness (QED) is 0.406. The molecule has 0 bridgehead atoms. The molecule has 0 N–H and O–H groups in total. The van der Waals surface area contributed by atoms with Crippen LogP contribution in [0.15, 0.2) is 35.3 Å². The zero-order valence-electron chi connectivity index (χ0n) is 10.1. The molecule has 0 amide bonds. The number of carbonyl (C=O) groups is 2. The van der Waals surface area contributed by atoms with Gasteiger partial charge in [0.25, 0.3) is 5.56 Å². The first-order chi connectivity index (χ1) is 7.41. The van der Waals surface area contributed by atoms with Gasteiger partial charge in [0, 0.05) is 17.8 Å². The molecule has 1 aromatic rings. The number of carboxylic acids is 2. The van der Waals surface area contributed by atoms with Crippen molar-refractivity contribution in [3.8, 4) is 0 Å². The molecule has 0 aromatic carbocycles. The fourth-order valence-corrected chi connectivity index (χ4v) is 1.05. The van der Waals surface area contributed by atoms with Gasteiger partial charge >= 0.3 is 103 Å². The maximum Gasteiger partial charge on any atom is 1.00 e. The topological polar surface area (TPSA) is 102 Å². The predicted octanol–water partition coefficient (Wildman–Crippen LogP) is -8.47. The number of hydrogen-bond acceptors (Lipinski definition) is 5. The first-order valence-electron chi connectivity index (χ1n) is 4.23. The van der Waals surface area contributed by atoms with Crippen LogP contribution in [-0.4, -0.2) is 16.5 Å². The minimum Gasteiger partial charge on any atom is -0.545 e. The summed E-state index contributed by atoms with van der Waals surface area (Å²) in [5, 5.41) is 20.9. The van der Waals surface area contributed by atoms with E-state index in [0.29, 0.717) is 0 Å². The standard InChI is InChI=1S/C10H9NO5.2K/c1-6(9(13)14)4-11-5-7(10(15)16)2-3-8(11)12;;/h2-3,5H,1,4H2,(H,13,14)(H,15,16);;/q;2*+1/p-2. The second-order valence-electron chi connectivity index (χ2n) is 3.06. The van der Waals surface area contributed by atoms with Gasteiger partial charge in [0.05, 0.1) is 18.5 Å². The normalized spacial score (nSPS) is 8.67. The van der Waals surface area contributed by atoms with Crippen molar-refractivity contribution < 1.29 is 123 Å².